The number of hydrogen-bond donors (Lipinski definition) is 3. The Morgan fingerprint density at radius 1 is 1.40 bits per heavy atom. The molecule has 8 heteroatoms. The molecule has 1 heterocycles. The van der Waals surface area contributed by atoms with Gasteiger partial charge < -0.3 is 16.4 Å². The number of amides is 1. The Morgan fingerprint density at radius 3 is 2.65 bits per heavy atom. The molecule has 0 bridgehead atoms. The Labute approximate surface area is 118 Å². The van der Waals surface area contributed by atoms with Gasteiger partial charge in [0.25, 0.3) is 0 Å². The second-order valence-electron chi connectivity index (χ2n) is 4.89. The number of nitrogens with zero attached hydrogens (tertiary/aromatic N) is 1. The van der Waals surface area contributed by atoms with Crippen molar-refractivity contribution >= 4 is 27.3 Å². The van der Waals surface area contributed by atoms with Crippen molar-refractivity contribution in [1.82, 2.24) is 9.62 Å². The van der Waals surface area contributed by atoms with Gasteiger partial charge in [0.15, 0.2) is 0 Å². The van der Waals surface area contributed by atoms with Gasteiger partial charge in [0, 0.05) is 27.1 Å². The first-order chi connectivity index (χ1) is 9.30. The van der Waals surface area contributed by atoms with Crippen molar-refractivity contribution in [3.8, 4) is 0 Å². The van der Waals surface area contributed by atoms with Crippen LogP contribution in [0.3, 0.4) is 0 Å². The van der Waals surface area contributed by atoms with Gasteiger partial charge in [-0.15, -0.1) is 0 Å². The molecule has 1 atom stereocenters. The molecule has 1 unspecified atom stereocenters. The zero-order valence-electron chi connectivity index (χ0n) is 11.4. The van der Waals surface area contributed by atoms with Gasteiger partial charge >= 0.3 is 0 Å². The fourth-order valence-electron chi connectivity index (χ4n) is 1.96. The van der Waals surface area contributed by atoms with Crippen molar-refractivity contribution in [2.45, 2.75) is 17.4 Å². The molecule has 1 fully saturated rings. The Kier molecular flexibility index (Phi) is 3.87. The minimum absolute atomic E-state index is 0.0295. The standard InChI is InChI=1S/C12H18N4O3S/c1-16(2)20(18,19)9-3-4-10(13)11(6-9)15-8-5-12(17)14-7-8/h3-4,6,8,15H,5,7,13H2,1-2H3,(H,14,17). The highest BCUT2D eigenvalue weighted by Gasteiger charge is 2.23. The maximum Gasteiger partial charge on any atom is 0.242 e. The third-order valence-corrected chi connectivity index (χ3v) is 4.95. The van der Waals surface area contributed by atoms with Crippen LogP contribution >= 0.6 is 0 Å². The molecule has 0 saturated carbocycles. The van der Waals surface area contributed by atoms with Crippen LogP contribution in [0.15, 0.2) is 23.1 Å². The lowest BCUT2D eigenvalue weighted by molar-refractivity contribution is -0.119. The monoisotopic (exact) mass is 298 g/mol. The molecular weight excluding hydrogens is 280 g/mol. The lowest BCUT2D eigenvalue weighted by Gasteiger charge is -2.17. The highest BCUT2D eigenvalue weighted by atomic mass is 32.2. The maximum absolute atomic E-state index is 12.1. The van der Waals surface area contributed by atoms with Crippen LogP contribution in [-0.4, -0.2) is 45.3 Å². The normalized spacial score (nSPS) is 19.1. The number of benzene rings is 1. The molecule has 1 aliphatic rings. The highest BCUT2D eigenvalue weighted by molar-refractivity contribution is 7.89. The van der Waals surface area contributed by atoms with Crippen molar-refractivity contribution in [3.63, 3.8) is 0 Å². The number of carbonyl (C=O) groups is 1. The van der Waals surface area contributed by atoms with Crippen LogP contribution in [0.1, 0.15) is 6.42 Å². The largest absolute Gasteiger partial charge is 0.397 e. The minimum atomic E-state index is -3.51. The van der Waals surface area contributed by atoms with Crippen molar-refractivity contribution in [2.75, 3.05) is 31.7 Å². The Morgan fingerprint density at radius 2 is 2.10 bits per heavy atom. The van der Waals surface area contributed by atoms with Gasteiger partial charge in [-0.1, -0.05) is 0 Å². The topological polar surface area (TPSA) is 105 Å². The van der Waals surface area contributed by atoms with Gasteiger partial charge in [-0.05, 0) is 18.2 Å². The average Bonchev–Trinajstić information content (AvgIpc) is 2.77. The van der Waals surface area contributed by atoms with Crippen LogP contribution in [0.2, 0.25) is 0 Å². The van der Waals surface area contributed by atoms with Crippen LogP contribution in [-0.2, 0) is 14.8 Å². The number of nitrogens with one attached hydrogen (secondary N) is 2. The molecule has 4 N–H and O–H groups in total. The van der Waals surface area contributed by atoms with Crippen LogP contribution < -0.4 is 16.4 Å². The molecule has 110 valence electrons. The number of anilines is 2. The molecule has 0 aliphatic carbocycles. The van der Waals surface area contributed by atoms with Crippen LogP contribution in [0.4, 0.5) is 11.4 Å². The molecule has 2 rings (SSSR count). The summed E-state index contributed by atoms with van der Waals surface area (Å²) in [5.41, 5.74) is 6.81. The predicted molar refractivity (Wildman–Crippen MR) is 76.8 cm³/mol. The predicted octanol–water partition coefficient (Wildman–Crippen LogP) is -0.180. The third-order valence-electron chi connectivity index (χ3n) is 3.14. The van der Waals surface area contributed by atoms with E-state index in [4.69, 9.17) is 5.73 Å². The van der Waals surface area contributed by atoms with Gasteiger partial charge in [-0.2, -0.15) is 0 Å². The molecule has 1 amide bonds. The highest BCUT2D eigenvalue weighted by Crippen LogP contribution is 2.25. The van der Waals surface area contributed by atoms with E-state index >= 15 is 0 Å². The van der Waals surface area contributed by atoms with E-state index in [1.165, 1.54) is 26.2 Å². The van der Waals surface area contributed by atoms with E-state index < -0.39 is 10.0 Å². The lowest BCUT2D eigenvalue weighted by Crippen LogP contribution is -2.24. The van der Waals surface area contributed by atoms with E-state index in [1.807, 2.05) is 0 Å². The summed E-state index contributed by atoms with van der Waals surface area (Å²) in [6.07, 6.45) is 0.351. The van der Waals surface area contributed by atoms with Crippen molar-refractivity contribution < 1.29 is 13.2 Å². The van der Waals surface area contributed by atoms with Gasteiger partial charge in [0.1, 0.15) is 0 Å². The van der Waals surface area contributed by atoms with Crippen LogP contribution in [0.5, 0.6) is 0 Å². The second-order valence-corrected chi connectivity index (χ2v) is 7.04. The summed E-state index contributed by atoms with van der Waals surface area (Å²) in [5, 5.41) is 5.80. The molecule has 0 aromatic heterocycles. The van der Waals surface area contributed by atoms with E-state index in [2.05, 4.69) is 10.6 Å². The van der Waals surface area contributed by atoms with E-state index in [0.717, 1.165) is 4.31 Å². The molecule has 7 nitrogen and oxygen atoms in total. The first kappa shape index (κ1) is 14.6. The van der Waals surface area contributed by atoms with Gasteiger partial charge in [0.05, 0.1) is 22.3 Å². The SMILES string of the molecule is CN(C)S(=O)(=O)c1ccc(N)c(NC2CNC(=O)C2)c1. The Bertz CT molecular complexity index is 628. The van der Waals surface area contributed by atoms with E-state index in [1.54, 1.807) is 6.07 Å². The second kappa shape index (κ2) is 5.29. The third kappa shape index (κ3) is 2.86. The number of hydrogen-bond acceptors (Lipinski definition) is 5. The van der Waals surface area contributed by atoms with E-state index in [-0.39, 0.29) is 16.8 Å². The molecule has 1 aliphatic heterocycles. The van der Waals surface area contributed by atoms with Crippen molar-refractivity contribution in [3.05, 3.63) is 18.2 Å². The Hall–Kier alpha value is -1.80. The summed E-state index contributed by atoms with van der Waals surface area (Å²) >= 11 is 0. The number of carbonyl (C=O) groups excluding carboxylic acids is 1. The smallest absolute Gasteiger partial charge is 0.242 e. The van der Waals surface area contributed by atoms with Gasteiger partial charge in [-0.25, -0.2) is 12.7 Å². The van der Waals surface area contributed by atoms with Crippen molar-refractivity contribution in [2.24, 2.45) is 0 Å². The maximum atomic E-state index is 12.1. The molecule has 1 saturated heterocycles. The summed E-state index contributed by atoms with van der Waals surface area (Å²) in [5.74, 6) is -0.0295. The number of rotatable bonds is 4. The fourth-order valence-corrected chi connectivity index (χ4v) is 2.89. The number of nitrogens with two attached hydrogens (primary N) is 1. The number of nitrogen functional groups attached to an aromatic ring is 1. The molecular formula is C12H18N4O3S. The van der Waals surface area contributed by atoms with Gasteiger partial charge in [-0.3, -0.25) is 4.79 Å². The van der Waals surface area contributed by atoms with Crippen LogP contribution in [0.25, 0.3) is 0 Å². The van der Waals surface area contributed by atoms with Crippen LogP contribution in [0, 0.1) is 0 Å². The molecule has 1 aromatic rings. The zero-order valence-corrected chi connectivity index (χ0v) is 12.2. The summed E-state index contributed by atoms with van der Waals surface area (Å²) in [4.78, 5) is 11.3. The average molecular weight is 298 g/mol. The molecule has 0 spiro atoms. The zero-order chi connectivity index (χ0) is 14.9. The summed E-state index contributed by atoms with van der Waals surface area (Å²) in [6.45, 7) is 0.503. The van der Waals surface area contributed by atoms with Gasteiger partial charge in [0.2, 0.25) is 15.9 Å². The van der Waals surface area contributed by atoms with Crippen molar-refractivity contribution in [1.29, 1.82) is 0 Å². The first-order valence-electron chi connectivity index (χ1n) is 6.16. The van der Waals surface area contributed by atoms with E-state index in [0.29, 0.717) is 24.3 Å². The quantitative estimate of drug-likeness (QED) is 0.669. The summed E-state index contributed by atoms with van der Waals surface area (Å²) < 4.78 is 25.3. The summed E-state index contributed by atoms with van der Waals surface area (Å²) in [7, 11) is -0.564. The first-order valence-corrected chi connectivity index (χ1v) is 7.60. The molecule has 0 radical (unpaired) electrons. The fraction of sp³-hybridized carbons (Fsp3) is 0.417. The lowest BCUT2D eigenvalue weighted by atomic mass is 10.2. The minimum Gasteiger partial charge on any atom is -0.397 e. The molecule has 1 aromatic carbocycles. The van der Waals surface area contributed by atoms with E-state index in [9.17, 15) is 13.2 Å². The molecule has 20 heavy (non-hydrogen) atoms. The Balaban J connectivity index is 2.28. The number of sulfonamides is 1. The summed E-state index contributed by atoms with van der Waals surface area (Å²) in [6, 6.07) is 4.42.